The first-order valence-electron chi connectivity index (χ1n) is 4.67. The molecular formula is C9H19NO2. The molecule has 1 rings (SSSR count). The van der Waals surface area contributed by atoms with E-state index >= 15 is 0 Å². The molecule has 1 heterocycles. The molecule has 2 unspecified atom stereocenters. The van der Waals surface area contributed by atoms with Crippen molar-refractivity contribution in [2.45, 2.75) is 31.9 Å². The lowest BCUT2D eigenvalue weighted by Gasteiger charge is -2.13. The first-order valence-corrected chi connectivity index (χ1v) is 4.67. The molecule has 0 aliphatic carbocycles. The molecule has 1 aliphatic heterocycles. The summed E-state index contributed by atoms with van der Waals surface area (Å²) in [6, 6.07) is 0.578. The van der Waals surface area contributed by atoms with Gasteiger partial charge in [-0.15, -0.1) is 0 Å². The molecule has 72 valence electrons. The maximum absolute atomic E-state index is 5.48. The SMILES string of the molecule is COC(C)COCC1CCCN1. The average Bonchev–Trinajstić information content (AvgIpc) is 2.57. The Labute approximate surface area is 74.4 Å². The highest BCUT2D eigenvalue weighted by Gasteiger charge is 2.13. The van der Waals surface area contributed by atoms with Crippen LogP contribution in [0.3, 0.4) is 0 Å². The van der Waals surface area contributed by atoms with E-state index in [1.165, 1.54) is 12.8 Å². The van der Waals surface area contributed by atoms with Crippen LogP contribution in [0.5, 0.6) is 0 Å². The number of nitrogens with one attached hydrogen (secondary N) is 1. The van der Waals surface area contributed by atoms with E-state index in [4.69, 9.17) is 9.47 Å². The van der Waals surface area contributed by atoms with Crippen molar-refractivity contribution in [3.8, 4) is 0 Å². The van der Waals surface area contributed by atoms with E-state index in [2.05, 4.69) is 5.32 Å². The fourth-order valence-corrected chi connectivity index (χ4v) is 1.34. The van der Waals surface area contributed by atoms with Gasteiger partial charge in [0.25, 0.3) is 0 Å². The second-order valence-electron chi connectivity index (χ2n) is 3.38. The summed E-state index contributed by atoms with van der Waals surface area (Å²) in [6.07, 6.45) is 2.75. The molecule has 2 atom stereocenters. The van der Waals surface area contributed by atoms with E-state index in [9.17, 15) is 0 Å². The monoisotopic (exact) mass is 173 g/mol. The largest absolute Gasteiger partial charge is 0.379 e. The lowest BCUT2D eigenvalue weighted by atomic mass is 10.2. The summed E-state index contributed by atoms with van der Waals surface area (Å²) < 4.78 is 10.6. The highest BCUT2D eigenvalue weighted by molar-refractivity contribution is 4.73. The summed E-state index contributed by atoms with van der Waals surface area (Å²) >= 11 is 0. The third kappa shape index (κ3) is 3.52. The van der Waals surface area contributed by atoms with Crippen LogP contribution in [-0.2, 0) is 9.47 Å². The Kier molecular flexibility index (Phi) is 4.58. The molecule has 1 aliphatic rings. The maximum Gasteiger partial charge on any atom is 0.0776 e. The highest BCUT2D eigenvalue weighted by atomic mass is 16.5. The molecule has 0 bridgehead atoms. The van der Waals surface area contributed by atoms with Crippen LogP contribution in [0.2, 0.25) is 0 Å². The third-order valence-corrected chi connectivity index (χ3v) is 2.24. The standard InChI is InChI=1S/C9H19NO2/c1-8(11-2)6-12-7-9-4-3-5-10-9/h8-10H,3-7H2,1-2H3. The molecule has 0 aromatic rings. The lowest BCUT2D eigenvalue weighted by Crippen LogP contribution is -2.28. The van der Waals surface area contributed by atoms with Gasteiger partial charge >= 0.3 is 0 Å². The number of methoxy groups -OCH3 is 1. The van der Waals surface area contributed by atoms with Crippen LogP contribution in [0.1, 0.15) is 19.8 Å². The van der Waals surface area contributed by atoms with Crippen LogP contribution in [-0.4, -0.2) is 39.0 Å². The van der Waals surface area contributed by atoms with Crippen LogP contribution in [0.15, 0.2) is 0 Å². The van der Waals surface area contributed by atoms with Crippen molar-refractivity contribution < 1.29 is 9.47 Å². The normalized spacial score (nSPS) is 26.0. The van der Waals surface area contributed by atoms with E-state index in [-0.39, 0.29) is 6.10 Å². The Hall–Kier alpha value is -0.120. The minimum atomic E-state index is 0.214. The predicted molar refractivity (Wildman–Crippen MR) is 48.3 cm³/mol. The van der Waals surface area contributed by atoms with Crippen molar-refractivity contribution in [3.05, 3.63) is 0 Å². The van der Waals surface area contributed by atoms with Gasteiger partial charge in [0, 0.05) is 13.2 Å². The average molecular weight is 173 g/mol. The van der Waals surface area contributed by atoms with Crippen LogP contribution in [0, 0.1) is 0 Å². The van der Waals surface area contributed by atoms with Crippen molar-refractivity contribution >= 4 is 0 Å². The molecule has 1 N–H and O–H groups in total. The summed E-state index contributed by atoms with van der Waals surface area (Å²) in [7, 11) is 1.71. The van der Waals surface area contributed by atoms with E-state index in [1.54, 1.807) is 7.11 Å². The fraction of sp³-hybridized carbons (Fsp3) is 1.00. The first kappa shape index (κ1) is 9.96. The van der Waals surface area contributed by atoms with Gasteiger partial charge in [0.05, 0.1) is 19.3 Å². The Morgan fingerprint density at radius 1 is 1.58 bits per heavy atom. The quantitative estimate of drug-likeness (QED) is 0.666. The molecule has 12 heavy (non-hydrogen) atoms. The van der Waals surface area contributed by atoms with Gasteiger partial charge in [0.2, 0.25) is 0 Å². The van der Waals surface area contributed by atoms with Gasteiger partial charge in [0.1, 0.15) is 0 Å². The first-order chi connectivity index (χ1) is 5.83. The van der Waals surface area contributed by atoms with E-state index < -0.39 is 0 Å². The smallest absolute Gasteiger partial charge is 0.0776 e. The summed E-state index contributed by atoms with van der Waals surface area (Å²) in [5.41, 5.74) is 0. The fourth-order valence-electron chi connectivity index (χ4n) is 1.34. The molecule has 0 aromatic carbocycles. The highest BCUT2D eigenvalue weighted by Crippen LogP contribution is 2.05. The second kappa shape index (κ2) is 5.51. The molecule has 0 radical (unpaired) electrons. The second-order valence-corrected chi connectivity index (χ2v) is 3.38. The number of rotatable bonds is 5. The summed E-state index contributed by atoms with van der Waals surface area (Å²) in [4.78, 5) is 0. The van der Waals surface area contributed by atoms with Crippen molar-refractivity contribution in [2.75, 3.05) is 26.9 Å². The molecular weight excluding hydrogens is 154 g/mol. The summed E-state index contributed by atoms with van der Waals surface area (Å²) in [5.74, 6) is 0. The van der Waals surface area contributed by atoms with Crippen LogP contribution in [0.4, 0.5) is 0 Å². The number of hydrogen-bond acceptors (Lipinski definition) is 3. The minimum absolute atomic E-state index is 0.214. The molecule has 0 saturated carbocycles. The van der Waals surface area contributed by atoms with Crippen molar-refractivity contribution in [2.24, 2.45) is 0 Å². The zero-order valence-electron chi connectivity index (χ0n) is 8.01. The molecule has 0 spiro atoms. The Bertz CT molecular complexity index is 113. The zero-order valence-corrected chi connectivity index (χ0v) is 8.01. The number of hydrogen-bond donors (Lipinski definition) is 1. The molecule has 0 aromatic heterocycles. The molecule has 0 amide bonds. The minimum Gasteiger partial charge on any atom is -0.379 e. The van der Waals surface area contributed by atoms with Gasteiger partial charge in [-0.25, -0.2) is 0 Å². The Morgan fingerprint density at radius 2 is 2.42 bits per heavy atom. The summed E-state index contributed by atoms with van der Waals surface area (Å²) in [5, 5.41) is 3.38. The van der Waals surface area contributed by atoms with Gasteiger partial charge < -0.3 is 14.8 Å². The van der Waals surface area contributed by atoms with Crippen molar-refractivity contribution in [3.63, 3.8) is 0 Å². The molecule has 3 heteroatoms. The Morgan fingerprint density at radius 3 is 3.00 bits per heavy atom. The predicted octanol–water partition coefficient (Wildman–Crippen LogP) is 0.790. The number of ether oxygens (including phenoxy) is 2. The zero-order chi connectivity index (χ0) is 8.81. The van der Waals surface area contributed by atoms with Gasteiger partial charge in [-0.05, 0) is 26.3 Å². The van der Waals surface area contributed by atoms with Crippen LogP contribution >= 0.6 is 0 Å². The molecule has 3 nitrogen and oxygen atoms in total. The Balaban J connectivity index is 1.94. The van der Waals surface area contributed by atoms with E-state index in [1.807, 2.05) is 6.92 Å². The van der Waals surface area contributed by atoms with Gasteiger partial charge in [0.15, 0.2) is 0 Å². The summed E-state index contributed by atoms with van der Waals surface area (Å²) in [6.45, 7) is 4.69. The van der Waals surface area contributed by atoms with Gasteiger partial charge in [-0.1, -0.05) is 0 Å². The van der Waals surface area contributed by atoms with Gasteiger partial charge in [-0.3, -0.25) is 0 Å². The van der Waals surface area contributed by atoms with Crippen molar-refractivity contribution in [1.29, 1.82) is 0 Å². The van der Waals surface area contributed by atoms with Crippen LogP contribution in [0.25, 0.3) is 0 Å². The van der Waals surface area contributed by atoms with Crippen LogP contribution < -0.4 is 5.32 Å². The van der Waals surface area contributed by atoms with Crippen molar-refractivity contribution in [1.82, 2.24) is 5.32 Å². The topological polar surface area (TPSA) is 30.5 Å². The molecule has 1 saturated heterocycles. The third-order valence-electron chi connectivity index (χ3n) is 2.24. The molecule has 1 fully saturated rings. The lowest BCUT2D eigenvalue weighted by molar-refractivity contribution is 0.0128. The van der Waals surface area contributed by atoms with Gasteiger partial charge in [-0.2, -0.15) is 0 Å². The van der Waals surface area contributed by atoms with E-state index in [0.717, 1.165) is 13.2 Å². The van der Waals surface area contributed by atoms with E-state index in [0.29, 0.717) is 12.6 Å². The maximum atomic E-state index is 5.48.